The molecule has 0 aliphatic heterocycles. The molecule has 114 valence electrons. The summed E-state index contributed by atoms with van der Waals surface area (Å²) in [6.45, 7) is 4.17. The molecule has 1 fully saturated rings. The summed E-state index contributed by atoms with van der Waals surface area (Å²) >= 11 is 1.70. The molecule has 2 rings (SSSR count). The van der Waals surface area contributed by atoms with E-state index in [1.54, 1.807) is 18.4 Å². The first kappa shape index (κ1) is 15.9. The van der Waals surface area contributed by atoms with Crippen molar-refractivity contribution in [3.8, 4) is 0 Å². The fourth-order valence-corrected chi connectivity index (χ4v) is 2.45. The van der Waals surface area contributed by atoms with E-state index in [9.17, 15) is 0 Å². The third-order valence-corrected chi connectivity index (χ3v) is 3.88. The number of methoxy groups -OCH3 is 1. The molecule has 0 atom stereocenters. The van der Waals surface area contributed by atoms with Crippen molar-refractivity contribution in [2.75, 3.05) is 33.5 Å². The number of hydrogen-bond acceptors (Lipinski definition) is 6. The van der Waals surface area contributed by atoms with Gasteiger partial charge in [-0.1, -0.05) is 0 Å². The zero-order valence-corrected chi connectivity index (χ0v) is 12.9. The highest BCUT2D eigenvalue weighted by atomic mass is 32.1. The quantitative estimate of drug-likeness (QED) is 0.598. The van der Waals surface area contributed by atoms with E-state index in [1.165, 1.54) is 12.8 Å². The van der Waals surface area contributed by atoms with Gasteiger partial charge in [-0.25, -0.2) is 4.98 Å². The Balaban J connectivity index is 1.46. The molecule has 1 N–H and O–H groups in total. The van der Waals surface area contributed by atoms with Gasteiger partial charge in [0.05, 0.1) is 25.5 Å². The average molecular weight is 300 g/mol. The Morgan fingerprint density at radius 2 is 2.10 bits per heavy atom. The van der Waals surface area contributed by atoms with Crippen molar-refractivity contribution >= 4 is 11.3 Å². The lowest BCUT2D eigenvalue weighted by molar-refractivity contribution is 0.0328. The Morgan fingerprint density at radius 1 is 1.25 bits per heavy atom. The molecule has 1 aliphatic carbocycles. The van der Waals surface area contributed by atoms with Gasteiger partial charge in [0.25, 0.3) is 0 Å². The van der Waals surface area contributed by atoms with Crippen molar-refractivity contribution in [3.05, 3.63) is 16.1 Å². The molecule has 1 saturated carbocycles. The first-order chi connectivity index (χ1) is 9.88. The van der Waals surface area contributed by atoms with Crippen LogP contribution in [-0.4, -0.2) is 44.6 Å². The maximum Gasteiger partial charge on any atom is 0.107 e. The van der Waals surface area contributed by atoms with Crippen LogP contribution >= 0.6 is 11.3 Å². The number of ether oxygens (including phenoxy) is 3. The molecule has 0 aromatic carbocycles. The van der Waals surface area contributed by atoms with Crippen LogP contribution in [-0.2, 0) is 27.4 Å². The van der Waals surface area contributed by atoms with E-state index in [1.807, 2.05) is 0 Å². The van der Waals surface area contributed by atoms with Crippen molar-refractivity contribution in [1.29, 1.82) is 0 Å². The van der Waals surface area contributed by atoms with Gasteiger partial charge < -0.3 is 19.5 Å². The van der Waals surface area contributed by atoms with E-state index in [2.05, 4.69) is 15.7 Å². The zero-order valence-electron chi connectivity index (χ0n) is 12.1. The predicted molar refractivity (Wildman–Crippen MR) is 78.9 cm³/mol. The summed E-state index contributed by atoms with van der Waals surface area (Å²) in [5, 5.41) is 6.68. The molecule has 1 aromatic heterocycles. The lowest BCUT2D eigenvalue weighted by Gasteiger charge is -2.04. The number of nitrogens with one attached hydrogen (secondary N) is 1. The largest absolute Gasteiger partial charge is 0.385 e. The molecule has 0 amide bonds. The number of nitrogens with zero attached hydrogens (tertiary/aromatic N) is 1. The van der Waals surface area contributed by atoms with E-state index in [0.29, 0.717) is 19.8 Å². The van der Waals surface area contributed by atoms with E-state index in [0.717, 1.165) is 42.9 Å². The Kier molecular flexibility index (Phi) is 7.46. The van der Waals surface area contributed by atoms with Crippen molar-refractivity contribution in [2.24, 2.45) is 0 Å². The molecule has 0 saturated heterocycles. The third kappa shape index (κ3) is 6.76. The van der Waals surface area contributed by atoms with Crippen molar-refractivity contribution in [1.82, 2.24) is 10.3 Å². The molecule has 5 nitrogen and oxygen atoms in total. The minimum Gasteiger partial charge on any atom is -0.385 e. The van der Waals surface area contributed by atoms with E-state index in [4.69, 9.17) is 14.2 Å². The normalized spacial score (nSPS) is 14.8. The van der Waals surface area contributed by atoms with Gasteiger partial charge in [0.2, 0.25) is 0 Å². The SMILES string of the molecule is COCCCOCCOCc1csc(CNC2CC2)n1. The summed E-state index contributed by atoms with van der Waals surface area (Å²) in [4.78, 5) is 4.54. The molecule has 0 unspecified atom stereocenters. The maximum atomic E-state index is 5.55. The third-order valence-electron chi connectivity index (χ3n) is 2.98. The lowest BCUT2D eigenvalue weighted by atomic mass is 10.5. The molecule has 0 spiro atoms. The van der Waals surface area contributed by atoms with Crippen molar-refractivity contribution in [2.45, 2.75) is 38.5 Å². The highest BCUT2D eigenvalue weighted by Gasteiger charge is 2.20. The van der Waals surface area contributed by atoms with E-state index >= 15 is 0 Å². The summed E-state index contributed by atoms with van der Waals surface area (Å²) < 4.78 is 15.9. The van der Waals surface area contributed by atoms with Crippen LogP contribution in [0.1, 0.15) is 30.0 Å². The van der Waals surface area contributed by atoms with Crippen LogP contribution in [0.2, 0.25) is 0 Å². The first-order valence-electron chi connectivity index (χ1n) is 7.19. The standard InChI is InChI=1S/C14H24N2O3S/c1-17-5-2-6-18-7-8-19-10-13-11-20-14(16-13)9-15-12-3-4-12/h11-12,15H,2-10H2,1H3. The average Bonchev–Trinajstić information content (AvgIpc) is 3.18. The van der Waals surface area contributed by atoms with E-state index in [-0.39, 0.29) is 0 Å². The summed E-state index contributed by atoms with van der Waals surface area (Å²) in [7, 11) is 1.70. The second-order valence-corrected chi connectivity index (χ2v) is 5.84. The van der Waals surface area contributed by atoms with Gasteiger partial charge in [-0.05, 0) is 19.3 Å². The van der Waals surface area contributed by atoms with Gasteiger partial charge in [0.15, 0.2) is 0 Å². The number of hydrogen-bond donors (Lipinski definition) is 1. The van der Waals surface area contributed by atoms with Gasteiger partial charge in [-0.15, -0.1) is 11.3 Å². The first-order valence-corrected chi connectivity index (χ1v) is 8.07. The predicted octanol–water partition coefficient (Wildman–Crippen LogP) is 1.96. The minimum absolute atomic E-state index is 0.571. The fraction of sp³-hybridized carbons (Fsp3) is 0.786. The molecule has 0 radical (unpaired) electrons. The van der Waals surface area contributed by atoms with Crippen molar-refractivity contribution < 1.29 is 14.2 Å². The summed E-state index contributed by atoms with van der Waals surface area (Å²) in [6, 6.07) is 0.730. The highest BCUT2D eigenvalue weighted by Crippen LogP contribution is 2.20. The maximum absolute atomic E-state index is 5.55. The molecular weight excluding hydrogens is 276 g/mol. The van der Waals surface area contributed by atoms with Gasteiger partial charge in [0, 0.05) is 38.3 Å². The van der Waals surface area contributed by atoms with Crippen LogP contribution in [0.15, 0.2) is 5.38 Å². The van der Waals surface area contributed by atoms with E-state index < -0.39 is 0 Å². The van der Waals surface area contributed by atoms with Crippen LogP contribution in [0.4, 0.5) is 0 Å². The summed E-state index contributed by atoms with van der Waals surface area (Å²) in [6.07, 6.45) is 3.55. The van der Waals surface area contributed by atoms with Crippen molar-refractivity contribution in [3.63, 3.8) is 0 Å². The van der Waals surface area contributed by atoms with Gasteiger partial charge >= 0.3 is 0 Å². The van der Waals surface area contributed by atoms with Crippen LogP contribution in [0.3, 0.4) is 0 Å². The van der Waals surface area contributed by atoms with Crippen LogP contribution in [0, 0.1) is 0 Å². The zero-order chi connectivity index (χ0) is 14.0. The Morgan fingerprint density at radius 3 is 2.90 bits per heavy atom. The molecular formula is C14H24N2O3S. The molecule has 1 aliphatic rings. The minimum atomic E-state index is 0.571. The molecule has 6 heteroatoms. The summed E-state index contributed by atoms with van der Waals surface area (Å²) in [5.41, 5.74) is 1.02. The number of thiazole rings is 1. The monoisotopic (exact) mass is 300 g/mol. The fourth-order valence-electron chi connectivity index (χ4n) is 1.72. The molecule has 20 heavy (non-hydrogen) atoms. The van der Waals surface area contributed by atoms with Gasteiger partial charge in [-0.2, -0.15) is 0 Å². The Hall–Kier alpha value is -0.530. The topological polar surface area (TPSA) is 52.6 Å². The van der Waals surface area contributed by atoms with Gasteiger partial charge in [0.1, 0.15) is 5.01 Å². The van der Waals surface area contributed by atoms with Crippen LogP contribution < -0.4 is 5.32 Å². The Bertz CT molecular complexity index is 369. The van der Waals surface area contributed by atoms with Gasteiger partial charge in [-0.3, -0.25) is 0 Å². The second kappa shape index (κ2) is 9.41. The van der Waals surface area contributed by atoms with Crippen LogP contribution in [0.5, 0.6) is 0 Å². The molecule has 1 aromatic rings. The van der Waals surface area contributed by atoms with Crippen LogP contribution in [0.25, 0.3) is 0 Å². The lowest BCUT2D eigenvalue weighted by Crippen LogP contribution is -2.15. The molecule has 1 heterocycles. The highest BCUT2D eigenvalue weighted by molar-refractivity contribution is 7.09. The number of aromatic nitrogens is 1. The smallest absolute Gasteiger partial charge is 0.107 e. The molecule has 0 bridgehead atoms. The second-order valence-electron chi connectivity index (χ2n) is 4.90. The number of rotatable bonds is 12. The Labute approximate surface area is 124 Å². The summed E-state index contributed by atoms with van der Waals surface area (Å²) in [5.74, 6) is 0.